The number of hydrogen-bond donors (Lipinski definition) is 0. The van der Waals surface area contributed by atoms with E-state index in [0.717, 1.165) is 0 Å². The van der Waals surface area contributed by atoms with Gasteiger partial charge in [-0.2, -0.15) is 0 Å². The van der Waals surface area contributed by atoms with E-state index in [0.29, 0.717) is 23.6 Å². The second kappa shape index (κ2) is 4.75. The van der Waals surface area contributed by atoms with Crippen LogP contribution < -0.4 is 4.74 Å². The van der Waals surface area contributed by atoms with E-state index in [-0.39, 0.29) is 5.82 Å². The molecule has 0 amide bonds. The molecular weight excluding hydrogens is 205 g/mol. The lowest BCUT2D eigenvalue weighted by atomic mass is 10.1. The molecule has 16 heavy (non-hydrogen) atoms. The molecule has 0 aliphatic rings. The fourth-order valence-electron chi connectivity index (χ4n) is 1.53. The van der Waals surface area contributed by atoms with Crippen LogP contribution in [0.25, 0.3) is 11.3 Å². The van der Waals surface area contributed by atoms with Crippen molar-refractivity contribution in [1.29, 1.82) is 0 Å². The number of halogens is 1. The van der Waals surface area contributed by atoms with Gasteiger partial charge in [-0.1, -0.05) is 12.1 Å². The summed E-state index contributed by atoms with van der Waals surface area (Å²) in [6.07, 6.45) is 1.57. The van der Waals surface area contributed by atoms with Crippen LogP contribution >= 0.6 is 0 Å². The zero-order valence-electron chi connectivity index (χ0n) is 8.98. The van der Waals surface area contributed by atoms with E-state index in [2.05, 4.69) is 4.98 Å². The highest BCUT2D eigenvalue weighted by atomic mass is 19.1. The van der Waals surface area contributed by atoms with Crippen molar-refractivity contribution >= 4 is 0 Å². The Morgan fingerprint density at radius 3 is 2.75 bits per heavy atom. The quantitative estimate of drug-likeness (QED) is 0.787. The van der Waals surface area contributed by atoms with Gasteiger partial charge < -0.3 is 4.74 Å². The largest absolute Gasteiger partial charge is 0.493 e. The van der Waals surface area contributed by atoms with Crippen LogP contribution in [0.2, 0.25) is 0 Å². The van der Waals surface area contributed by atoms with Crippen molar-refractivity contribution in [2.45, 2.75) is 6.92 Å². The van der Waals surface area contributed by atoms with Crippen molar-refractivity contribution in [3.63, 3.8) is 0 Å². The number of nitrogens with zero attached hydrogens (tertiary/aromatic N) is 1. The molecule has 0 atom stereocenters. The first-order chi connectivity index (χ1) is 7.83. The lowest BCUT2D eigenvalue weighted by molar-refractivity contribution is 0.341. The molecule has 0 radical (unpaired) electrons. The first-order valence-electron chi connectivity index (χ1n) is 5.15. The third kappa shape index (κ3) is 2.03. The molecule has 0 saturated carbocycles. The number of pyridine rings is 1. The Bertz CT molecular complexity index is 485. The Balaban J connectivity index is 2.51. The number of rotatable bonds is 3. The predicted octanol–water partition coefficient (Wildman–Crippen LogP) is 3.29. The molecule has 82 valence electrons. The maximum Gasteiger partial charge on any atom is 0.149 e. The zero-order valence-corrected chi connectivity index (χ0v) is 8.98. The van der Waals surface area contributed by atoms with Crippen LogP contribution in [-0.2, 0) is 0 Å². The van der Waals surface area contributed by atoms with Crippen molar-refractivity contribution in [3.05, 3.63) is 48.4 Å². The first kappa shape index (κ1) is 10.6. The summed E-state index contributed by atoms with van der Waals surface area (Å²) in [5, 5.41) is 0. The highest BCUT2D eigenvalue weighted by Gasteiger charge is 2.10. The van der Waals surface area contributed by atoms with E-state index in [1.165, 1.54) is 6.07 Å². The van der Waals surface area contributed by atoms with Crippen LogP contribution in [0.15, 0.2) is 42.6 Å². The summed E-state index contributed by atoms with van der Waals surface area (Å²) in [6.45, 7) is 2.44. The molecule has 3 heteroatoms. The molecule has 1 aromatic heterocycles. The van der Waals surface area contributed by atoms with Gasteiger partial charge in [0, 0.05) is 11.8 Å². The van der Waals surface area contributed by atoms with Gasteiger partial charge in [0.2, 0.25) is 0 Å². The lowest BCUT2D eigenvalue weighted by Gasteiger charge is -2.09. The standard InChI is InChI=1S/C13H12FNO/c1-2-16-12-8-4-3-6-10(12)13-11(14)7-5-9-15-13/h3-9H,2H2,1H3. The van der Waals surface area contributed by atoms with Crippen LogP contribution in [0, 0.1) is 5.82 Å². The molecule has 1 heterocycles. The second-order valence-corrected chi connectivity index (χ2v) is 3.26. The second-order valence-electron chi connectivity index (χ2n) is 3.26. The summed E-state index contributed by atoms with van der Waals surface area (Å²) in [4.78, 5) is 4.04. The zero-order chi connectivity index (χ0) is 11.4. The van der Waals surface area contributed by atoms with Crippen LogP contribution in [0.1, 0.15) is 6.92 Å². The average Bonchev–Trinajstić information content (AvgIpc) is 2.31. The molecule has 2 nitrogen and oxygen atoms in total. The maximum atomic E-state index is 13.6. The highest BCUT2D eigenvalue weighted by molar-refractivity contribution is 5.67. The Morgan fingerprint density at radius 2 is 2.00 bits per heavy atom. The number of aromatic nitrogens is 1. The number of ether oxygens (including phenoxy) is 1. The Labute approximate surface area is 93.7 Å². The molecule has 2 rings (SSSR count). The number of benzene rings is 1. The van der Waals surface area contributed by atoms with Crippen LogP contribution in [-0.4, -0.2) is 11.6 Å². The van der Waals surface area contributed by atoms with Gasteiger partial charge in [-0.15, -0.1) is 0 Å². The van der Waals surface area contributed by atoms with E-state index in [9.17, 15) is 4.39 Å². The highest BCUT2D eigenvalue weighted by Crippen LogP contribution is 2.29. The molecule has 1 aromatic carbocycles. The van der Waals surface area contributed by atoms with Crippen molar-refractivity contribution < 1.29 is 9.13 Å². The normalized spacial score (nSPS) is 10.1. The van der Waals surface area contributed by atoms with E-state index < -0.39 is 0 Å². The van der Waals surface area contributed by atoms with Gasteiger partial charge in [-0.05, 0) is 31.2 Å². The fraction of sp³-hybridized carbons (Fsp3) is 0.154. The maximum absolute atomic E-state index is 13.6. The fourth-order valence-corrected chi connectivity index (χ4v) is 1.53. The van der Waals surface area contributed by atoms with Gasteiger partial charge >= 0.3 is 0 Å². The van der Waals surface area contributed by atoms with Gasteiger partial charge in [-0.3, -0.25) is 4.98 Å². The Kier molecular flexibility index (Phi) is 3.15. The monoisotopic (exact) mass is 217 g/mol. The van der Waals surface area contributed by atoms with Crippen molar-refractivity contribution in [3.8, 4) is 17.0 Å². The minimum atomic E-state index is -0.338. The van der Waals surface area contributed by atoms with Crippen LogP contribution in [0.5, 0.6) is 5.75 Å². The first-order valence-corrected chi connectivity index (χ1v) is 5.15. The number of para-hydroxylation sites is 1. The predicted molar refractivity (Wildman–Crippen MR) is 60.8 cm³/mol. The molecule has 0 spiro atoms. The smallest absolute Gasteiger partial charge is 0.149 e. The summed E-state index contributed by atoms with van der Waals surface area (Å²) in [5.74, 6) is 0.317. The topological polar surface area (TPSA) is 22.1 Å². The summed E-state index contributed by atoms with van der Waals surface area (Å²) in [7, 11) is 0. The molecule has 0 unspecified atom stereocenters. The molecule has 0 saturated heterocycles. The van der Waals surface area contributed by atoms with E-state index in [1.807, 2.05) is 25.1 Å². The summed E-state index contributed by atoms with van der Waals surface area (Å²) >= 11 is 0. The SMILES string of the molecule is CCOc1ccccc1-c1ncccc1F. The minimum Gasteiger partial charge on any atom is -0.493 e. The third-order valence-corrected chi connectivity index (χ3v) is 2.20. The Morgan fingerprint density at radius 1 is 1.19 bits per heavy atom. The third-order valence-electron chi connectivity index (χ3n) is 2.20. The molecule has 0 aliphatic carbocycles. The van der Waals surface area contributed by atoms with Gasteiger partial charge in [0.25, 0.3) is 0 Å². The van der Waals surface area contributed by atoms with Gasteiger partial charge in [0.1, 0.15) is 17.3 Å². The van der Waals surface area contributed by atoms with Crippen molar-refractivity contribution in [1.82, 2.24) is 4.98 Å². The summed E-state index contributed by atoms with van der Waals surface area (Å²) < 4.78 is 19.0. The molecular formula is C13H12FNO. The molecule has 0 aliphatic heterocycles. The molecule has 0 bridgehead atoms. The number of hydrogen-bond acceptors (Lipinski definition) is 2. The van der Waals surface area contributed by atoms with Crippen LogP contribution in [0.4, 0.5) is 4.39 Å². The Hall–Kier alpha value is -1.90. The van der Waals surface area contributed by atoms with Gasteiger partial charge in [0.15, 0.2) is 0 Å². The van der Waals surface area contributed by atoms with Gasteiger partial charge in [0.05, 0.1) is 6.61 Å². The van der Waals surface area contributed by atoms with Crippen LogP contribution in [0.3, 0.4) is 0 Å². The van der Waals surface area contributed by atoms with Gasteiger partial charge in [-0.25, -0.2) is 4.39 Å². The van der Waals surface area contributed by atoms with Crippen molar-refractivity contribution in [2.24, 2.45) is 0 Å². The molecule has 0 fully saturated rings. The van der Waals surface area contributed by atoms with Crippen molar-refractivity contribution in [2.75, 3.05) is 6.61 Å². The summed E-state index contributed by atoms with van der Waals surface area (Å²) in [6, 6.07) is 10.3. The van der Waals surface area contributed by atoms with E-state index in [4.69, 9.17) is 4.74 Å². The summed E-state index contributed by atoms with van der Waals surface area (Å²) in [5.41, 5.74) is 1.01. The lowest BCUT2D eigenvalue weighted by Crippen LogP contribution is -1.96. The molecule has 2 aromatic rings. The average molecular weight is 217 g/mol. The minimum absolute atomic E-state index is 0.326. The van der Waals surface area contributed by atoms with E-state index >= 15 is 0 Å². The van der Waals surface area contributed by atoms with E-state index in [1.54, 1.807) is 18.3 Å². The molecule has 0 N–H and O–H groups in total.